The molecule has 7 heteroatoms. The highest BCUT2D eigenvalue weighted by Gasteiger charge is 2.85. The number of ether oxygens (including phenoxy) is 2. The van der Waals surface area contributed by atoms with Gasteiger partial charge in [0.25, 0.3) is 5.84 Å². The Hall–Kier alpha value is -2.71. The van der Waals surface area contributed by atoms with Crippen LogP contribution in [0.25, 0.3) is 0 Å². The topological polar surface area (TPSA) is 123 Å². The standard InChI is InChI=1S/C20H19N5O2/c21-11-18-16(13-5-2-1-3-6-13)24-15-8-4-7-14(15)19(18,12-22)20(25-17(18)23)26-9-10-27-20/h1-3,5-6,16,24H,4,7-10H2,(H2,23,25)/p+2/t16-,18-,19-/m1/s1. The van der Waals surface area contributed by atoms with Gasteiger partial charge in [-0.25, -0.2) is 4.99 Å². The number of nitriles is 2. The van der Waals surface area contributed by atoms with Crippen LogP contribution in [-0.2, 0) is 9.47 Å². The lowest BCUT2D eigenvalue weighted by molar-refractivity contribution is -0.691. The van der Waals surface area contributed by atoms with Gasteiger partial charge in [-0.15, -0.1) is 0 Å². The van der Waals surface area contributed by atoms with E-state index >= 15 is 0 Å². The molecule has 7 nitrogen and oxygen atoms in total. The summed E-state index contributed by atoms with van der Waals surface area (Å²) in [6.45, 7) is 0.709. The summed E-state index contributed by atoms with van der Waals surface area (Å²) in [6, 6.07) is 14.4. The van der Waals surface area contributed by atoms with E-state index in [2.05, 4.69) is 22.4 Å². The predicted molar refractivity (Wildman–Crippen MR) is 92.9 cm³/mol. The molecule has 0 radical (unpaired) electrons. The van der Waals surface area contributed by atoms with Crippen molar-refractivity contribution in [2.24, 2.45) is 16.6 Å². The van der Waals surface area contributed by atoms with Crippen LogP contribution in [0.3, 0.4) is 0 Å². The Morgan fingerprint density at radius 3 is 2.52 bits per heavy atom. The molecular formula is C20H21N5O2+2. The average molecular weight is 363 g/mol. The molecule has 3 atom stereocenters. The number of nitrogens with one attached hydrogen (secondary N) is 1. The van der Waals surface area contributed by atoms with Crippen LogP contribution in [0.2, 0.25) is 0 Å². The number of nitrogens with two attached hydrogens (primary N) is 2. The molecule has 1 spiro atoms. The molecule has 5 N–H and O–H groups in total. The van der Waals surface area contributed by atoms with Crippen molar-refractivity contribution in [2.75, 3.05) is 13.2 Å². The fraction of sp³-hybridized carbons (Fsp3) is 0.450. The second-order valence-corrected chi connectivity index (χ2v) is 7.55. The fourth-order valence-corrected chi connectivity index (χ4v) is 5.52. The first-order chi connectivity index (χ1) is 13.1. The van der Waals surface area contributed by atoms with E-state index in [1.807, 2.05) is 30.3 Å². The Balaban J connectivity index is 1.85. The van der Waals surface area contributed by atoms with Crippen LogP contribution >= 0.6 is 0 Å². The van der Waals surface area contributed by atoms with Gasteiger partial charge in [-0.3, -0.25) is 5.73 Å². The van der Waals surface area contributed by atoms with Gasteiger partial charge in [-0.2, -0.15) is 10.5 Å². The molecule has 0 amide bonds. The van der Waals surface area contributed by atoms with Crippen LogP contribution in [0, 0.1) is 33.5 Å². The summed E-state index contributed by atoms with van der Waals surface area (Å²) in [4.78, 5) is 3.12. The van der Waals surface area contributed by atoms with Gasteiger partial charge in [0.2, 0.25) is 10.8 Å². The third kappa shape index (κ3) is 1.68. The van der Waals surface area contributed by atoms with E-state index in [-0.39, 0.29) is 11.9 Å². The quantitative estimate of drug-likeness (QED) is 0.585. The van der Waals surface area contributed by atoms with E-state index in [9.17, 15) is 10.5 Å². The van der Waals surface area contributed by atoms with E-state index in [0.717, 1.165) is 36.1 Å². The second kappa shape index (κ2) is 5.40. The molecule has 27 heavy (non-hydrogen) atoms. The summed E-state index contributed by atoms with van der Waals surface area (Å²) in [7, 11) is 0. The Morgan fingerprint density at radius 2 is 1.85 bits per heavy atom. The fourth-order valence-electron chi connectivity index (χ4n) is 5.52. The van der Waals surface area contributed by atoms with Gasteiger partial charge in [-0.1, -0.05) is 30.3 Å². The minimum atomic E-state index is -1.41. The molecule has 0 saturated carbocycles. The lowest BCUT2D eigenvalue weighted by Gasteiger charge is -2.45. The van der Waals surface area contributed by atoms with Gasteiger partial charge in [0.05, 0.1) is 25.4 Å². The van der Waals surface area contributed by atoms with Crippen molar-refractivity contribution in [1.29, 1.82) is 10.5 Å². The maximum Gasteiger partial charge on any atom is 0.347 e. The molecule has 0 unspecified atom stereocenters. The highest BCUT2D eigenvalue weighted by atomic mass is 16.8. The molecule has 1 fully saturated rings. The normalized spacial score (nSPS) is 36.1. The first-order valence-corrected chi connectivity index (χ1v) is 9.29. The summed E-state index contributed by atoms with van der Waals surface area (Å²) >= 11 is 0. The number of benzene rings is 1. The summed E-state index contributed by atoms with van der Waals surface area (Å²) in [5.74, 6) is -1.16. The number of hydrogen-bond acceptors (Lipinski definition) is 5. The molecule has 136 valence electrons. The third-order valence-electron chi connectivity index (χ3n) is 6.55. The van der Waals surface area contributed by atoms with E-state index in [0.29, 0.717) is 13.2 Å². The third-order valence-corrected chi connectivity index (χ3v) is 6.55. The first-order valence-electron chi connectivity index (χ1n) is 9.29. The summed E-state index contributed by atoms with van der Waals surface area (Å²) < 4.78 is 12.0. The van der Waals surface area contributed by atoms with Crippen LogP contribution in [0.5, 0.6) is 0 Å². The minimum absolute atomic E-state index is 0.247. The van der Waals surface area contributed by atoms with Crippen molar-refractivity contribution in [1.82, 2.24) is 0 Å². The van der Waals surface area contributed by atoms with Crippen molar-refractivity contribution in [3.05, 3.63) is 47.2 Å². The Bertz CT molecular complexity index is 951. The number of allylic oxidation sites excluding steroid dienone is 1. The number of quaternary nitrogens is 1. The van der Waals surface area contributed by atoms with Crippen molar-refractivity contribution in [3.8, 4) is 12.1 Å². The van der Waals surface area contributed by atoms with Gasteiger partial charge in [0, 0.05) is 17.6 Å². The van der Waals surface area contributed by atoms with Crippen LogP contribution in [0.1, 0.15) is 30.9 Å². The monoisotopic (exact) mass is 363 g/mol. The molecule has 4 aliphatic rings. The van der Waals surface area contributed by atoms with E-state index in [4.69, 9.17) is 15.2 Å². The largest absolute Gasteiger partial charge is 0.347 e. The van der Waals surface area contributed by atoms with Gasteiger partial charge in [0.15, 0.2) is 0 Å². The molecular weight excluding hydrogens is 342 g/mol. The number of hydrogen-bond donors (Lipinski definition) is 3. The van der Waals surface area contributed by atoms with E-state index < -0.39 is 16.7 Å². The molecule has 0 aromatic heterocycles. The Labute approximate surface area is 157 Å². The smallest absolute Gasteiger partial charge is 0.311 e. The zero-order chi connectivity index (χ0) is 18.7. The van der Waals surface area contributed by atoms with Gasteiger partial charge in [0.1, 0.15) is 11.7 Å². The molecule has 0 bridgehead atoms. The molecule has 5 rings (SSSR count). The molecule has 1 aliphatic carbocycles. The van der Waals surface area contributed by atoms with Gasteiger partial charge < -0.3 is 14.8 Å². The summed E-state index contributed by atoms with van der Waals surface area (Å²) in [5, 5.41) is 23.2. The lowest BCUT2D eigenvalue weighted by Crippen LogP contribution is -2.91. The van der Waals surface area contributed by atoms with E-state index in [1.54, 1.807) is 0 Å². The molecule has 3 heterocycles. The van der Waals surface area contributed by atoms with Crippen LogP contribution in [-0.4, -0.2) is 25.0 Å². The van der Waals surface area contributed by atoms with Crippen molar-refractivity contribution in [3.63, 3.8) is 0 Å². The molecule has 3 aliphatic heterocycles. The SMILES string of the molecule is N#C[C@@]12C(N)=[NH+]C3(OCCO3)[C@]1(C#N)C1=C(CCC1)[NH2+][C@@H]2c1ccccc1. The maximum absolute atomic E-state index is 10.6. The zero-order valence-electron chi connectivity index (χ0n) is 14.9. The van der Waals surface area contributed by atoms with Crippen LogP contribution < -0.4 is 16.0 Å². The highest BCUT2D eigenvalue weighted by molar-refractivity contribution is 5.90. The minimum Gasteiger partial charge on any atom is -0.311 e. The Morgan fingerprint density at radius 1 is 1.11 bits per heavy atom. The first kappa shape index (κ1) is 16.5. The highest BCUT2D eigenvalue weighted by Crippen LogP contribution is 2.62. The average Bonchev–Trinajstić information content (AvgIpc) is 3.40. The number of rotatable bonds is 1. The van der Waals surface area contributed by atoms with Gasteiger partial charge in [-0.05, 0) is 12.8 Å². The summed E-state index contributed by atoms with van der Waals surface area (Å²) in [6.07, 6.45) is 2.58. The Kier molecular flexibility index (Phi) is 3.29. The van der Waals surface area contributed by atoms with Crippen molar-refractivity contribution >= 4 is 5.84 Å². The maximum atomic E-state index is 10.6. The van der Waals surface area contributed by atoms with E-state index in [1.165, 1.54) is 0 Å². The van der Waals surface area contributed by atoms with Crippen LogP contribution in [0.15, 0.2) is 41.6 Å². The van der Waals surface area contributed by atoms with Gasteiger partial charge >= 0.3 is 5.91 Å². The number of amidine groups is 1. The van der Waals surface area contributed by atoms with Crippen molar-refractivity contribution in [2.45, 2.75) is 31.2 Å². The lowest BCUT2D eigenvalue weighted by atomic mass is 9.53. The van der Waals surface area contributed by atoms with Crippen molar-refractivity contribution < 1.29 is 19.8 Å². The number of fused-ring (bicyclic) bond motifs is 3. The zero-order valence-corrected chi connectivity index (χ0v) is 14.9. The summed E-state index contributed by atoms with van der Waals surface area (Å²) in [5.41, 5.74) is 6.88. The number of nitrogens with zero attached hydrogens (tertiary/aromatic N) is 2. The molecule has 1 saturated heterocycles. The second-order valence-electron chi connectivity index (χ2n) is 7.55. The molecule has 1 aromatic carbocycles. The van der Waals surface area contributed by atoms with Crippen LogP contribution in [0.4, 0.5) is 0 Å². The molecule has 1 aromatic rings. The predicted octanol–water partition coefficient (Wildman–Crippen LogP) is -1.09.